The first-order chi connectivity index (χ1) is 7.69. The van der Waals surface area contributed by atoms with Crippen molar-refractivity contribution in [3.05, 3.63) is 0 Å². The Bertz CT molecular complexity index is 258. The third-order valence-corrected chi connectivity index (χ3v) is 3.13. The SMILES string of the molecule is CCCCC(=O)N1CCC(C(N)=NO)CC1. The molecule has 0 aromatic heterocycles. The standard InChI is InChI=1S/C11H21N3O2/c1-2-3-4-10(15)14-7-5-9(6-8-14)11(12)13-16/h9,16H,2-8H2,1H3,(H2,12,13). The number of amides is 1. The lowest BCUT2D eigenvalue weighted by Crippen LogP contribution is -2.41. The van der Waals surface area contributed by atoms with Gasteiger partial charge in [-0.05, 0) is 19.3 Å². The summed E-state index contributed by atoms with van der Waals surface area (Å²) in [5, 5.41) is 11.6. The minimum atomic E-state index is 0.125. The summed E-state index contributed by atoms with van der Waals surface area (Å²) >= 11 is 0. The number of likely N-dealkylation sites (tertiary alicyclic amines) is 1. The van der Waals surface area contributed by atoms with Crippen LogP contribution >= 0.6 is 0 Å². The van der Waals surface area contributed by atoms with Crippen molar-refractivity contribution in [2.75, 3.05) is 13.1 Å². The zero-order chi connectivity index (χ0) is 12.0. The zero-order valence-electron chi connectivity index (χ0n) is 9.85. The monoisotopic (exact) mass is 227 g/mol. The summed E-state index contributed by atoms with van der Waals surface area (Å²) in [6, 6.07) is 0. The normalized spacial score (nSPS) is 18.8. The molecular weight excluding hydrogens is 206 g/mol. The van der Waals surface area contributed by atoms with Crippen LogP contribution in [0.3, 0.4) is 0 Å². The smallest absolute Gasteiger partial charge is 0.222 e. The van der Waals surface area contributed by atoms with Crippen LogP contribution in [-0.4, -0.2) is 34.9 Å². The Labute approximate surface area is 96.3 Å². The Morgan fingerprint density at radius 3 is 2.62 bits per heavy atom. The highest BCUT2D eigenvalue weighted by Gasteiger charge is 2.24. The van der Waals surface area contributed by atoms with Gasteiger partial charge in [0.05, 0.1) is 0 Å². The predicted octanol–water partition coefficient (Wildman–Crippen LogP) is 1.16. The largest absolute Gasteiger partial charge is 0.409 e. The van der Waals surface area contributed by atoms with Crippen molar-refractivity contribution in [1.29, 1.82) is 0 Å². The van der Waals surface area contributed by atoms with E-state index in [1.54, 1.807) is 0 Å². The van der Waals surface area contributed by atoms with Gasteiger partial charge in [-0.2, -0.15) is 0 Å². The van der Waals surface area contributed by atoms with Gasteiger partial charge in [-0.15, -0.1) is 0 Å². The Morgan fingerprint density at radius 1 is 1.50 bits per heavy atom. The van der Waals surface area contributed by atoms with Gasteiger partial charge < -0.3 is 15.8 Å². The van der Waals surface area contributed by atoms with Gasteiger partial charge >= 0.3 is 0 Å². The van der Waals surface area contributed by atoms with Crippen LogP contribution in [0.4, 0.5) is 0 Å². The van der Waals surface area contributed by atoms with Crippen LogP contribution < -0.4 is 5.73 Å². The Kier molecular flexibility index (Phi) is 5.08. The molecule has 16 heavy (non-hydrogen) atoms. The van der Waals surface area contributed by atoms with Gasteiger partial charge in [-0.3, -0.25) is 4.79 Å². The molecule has 1 fully saturated rings. The molecule has 5 nitrogen and oxygen atoms in total. The van der Waals surface area contributed by atoms with Crippen LogP contribution in [0.5, 0.6) is 0 Å². The van der Waals surface area contributed by atoms with E-state index in [-0.39, 0.29) is 11.8 Å². The maximum absolute atomic E-state index is 11.7. The van der Waals surface area contributed by atoms with E-state index in [4.69, 9.17) is 10.9 Å². The fourth-order valence-electron chi connectivity index (χ4n) is 1.99. The van der Waals surface area contributed by atoms with Crippen molar-refractivity contribution >= 4 is 11.7 Å². The number of hydrogen-bond donors (Lipinski definition) is 2. The molecule has 0 spiro atoms. The molecule has 0 aliphatic carbocycles. The first-order valence-electron chi connectivity index (χ1n) is 5.94. The molecular formula is C11H21N3O2. The van der Waals surface area contributed by atoms with Crippen LogP contribution in [-0.2, 0) is 4.79 Å². The summed E-state index contributed by atoms with van der Waals surface area (Å²) < 4.78 is 0. The molecule has 92 valence electrons. The van der Waals surface area contributed by atoms with Gasteiger partial charge in [-0.1, -0.05) is 18.5 Å². The summed E-state index contributed by atoms with van der Waals surface area (Å²) in [7, 11) is 0. The van der Waals surface area contributed by atoms with Crippen molar-refractivity contribution in [2.45, 2.75) is 39.0 Å². The maximum atomic E-state index is 11.7. The predicted molar refractivity (Wildman–Crippen MR) is 62.2 cm³/mol. The third kappa shape index (κ3) is 3.40. The molecule has 0 saturated carbocycles. The van der Waals surface area contributed by atoms with Crippen molar-refractivity contribution in [3.63, 3.8) is 0 Å². The van der Waals surface area contributed by atoms with Crippen molar-refractivity contribution in [1.82, 2.24) is 4.90 Å². The number of unbranched alkanes of at least 4 members (excludes halogenated alkanes) is 1. The fourth-order valence-corrected chi connectivity index (χ4v) is 1.99. The van der Waals surface area contributed by atoms with E-state index in [9.17, 15) is 4.79 Å². The molecule has 0 bridgehead atoms. The first kappa shape index (κ1) is 12.8. The van der Waals surface area contributed by atoms with Gasteiger partial charge in [0, 0.05) is 25.4 Å². The number of amidine groups is 1. The van der Waals surface area contributed by atoms with Gasteiger partial charge in [0.1, 0.15) is 5.84 Å². The topological polar surface area (TPSA) is 78.9 Å². The molecule has 3 N–H and O–H groups in total. The molecule has 1 aliphatic heterocycles. The van der Waals surface area contributed by atoms with E-state index < -0.39 is 0 Å². The highest BCUT2D eigenvalue weighted by molar-refractivity contribution is 5.83. The molecule has 1 saturated heterocycles. The van der Waals surface area contributed by atoms with Gasteiger partial charge in [0.2, 0.25) is 5.91 Å². The lowest BCUT2D eigenvalue weighted by molar-refractivity contribution is -0.132. The maximum Gasteiger partial charge on any atom is 0.222 e. The van der Waals surface area contributed by atoms with Crippen molar-refractivity contribution < 1.29 is 10.0 Å². The van der Waals surface area contributed by atoms with Crippen LogP contribution in [0.1, 0.15) is 39.0 Å². The molecule has 1 aliphatic rings. The summed E-state index contributed by atoms with van der Waals surface area (Å²) in [5.41, 5.74) is 5.55. The molecule has 0 aromatic carbocycles. The Hall–Kier alpha value is -1.26. The van der Waals surface area contributed by atoms with E-state index in [2.05, 4.69) is 12.1 Å². The number of hydrogen-bond acceptors (Lipinski definition) is 3. The lowest BCUT2D eigenvalue weighted by atomic mass is 9.95. The van der Waals surface area contributed by atoms with Crippen LogP contribution in [0, 0.1) is 5.92 Å². The average molecular weight is 227 g/mol. The number of oxime groups is 1. The Morgan fingerprint density at radius 2 is 2.12 bits per heavy atom. The molecule has 0 unspecified atom stereocenters. The minimum absolute atomic E-state index is 0.125. The zero-order valence-corrected chi connectivity index (χ0v) is 9.85. The summed E-state index contributed by atoms with van der Waals surface area (Å²) in [6.07, 6.45) is 4.25. The number of carbonyl (C=O) groups is 1. The highest BCUT2D eigenvalue weighted by Crippen LogP contribution is 2.18. The van der Waals surface area contributed by atoms with Gasteiger partial charge in [0.15, 0.2) is 0 Å². The quantitative estimate of drug-likeness (QED) is 0.327. The number of carbonyl (C=O) groups excluding carboxylic acids is 1. The van der Waals surface area contributed by atoms with Crippen molar-refractivity contribution in [3.8, 4) is 0 Å². The fraction of sp³-hybridized carbons (Fsp3) is 0.818. The van der Waals surface area contributed by atoms with E-state index in [0.29, 0.717) is 12.3 Å². The molecule has 1 amide bonds. The summed E-state index contributed by atoms with van der Waals surface area (Å²) in [6.45, 7) is 3.53. The van der Waals surface area contributed by atoms with Crippen LogP contribution in [0.2, 0.25) is 0 Å². The molecule has 1 heterocycles. The second-order valence-electron chi connectivity index (χ2n) is 4.28. The molecule has 0 atom stereocenters. The molecule has 1 rings (SSSR count). The Balaban J connectivity index is 2.34. The van der Waals surface area contributed by atoms with Crippen LogP contribution in [0.25, 0.3) is 0 Å². The second-order valence-corrected chi connectivity index (χ2v) is 4.28. The van der Waals surface area contributed by atoms with E-state index in [1.165, 1.54) is 0 Å². The van der Waals surface area contributed by atoms with Gasteiger partial charge in [0.25, 0.3) is 0 Å². The van der Waals surface area contributed by atoms with E-state index >= 15 is 0 Å². The number of nitrogens with zero attached hydrogens (tertiary/aromatic N) is 2. The van der Waals surface area contributed by atoms with E-state index in [1.807, 2.05) is 4.90 Å². The first-order valence-corrected chi connectivity index (χ1v) is 5.94. The van der Waals surface area contributed by atoms with Crippen molar-refractivity contribution in [2.24, 2.45) is 16.8 Å². The third-order valence-electron chi connectivity index (χ3n) is 3.13. The lowest BCUT2D eigenvalue weighted by Gasteiger charge is -2.31. The van der Waals surface area contributed by atoms with Crippen LogP contribution in [0.15, 0.2) is 5.16 Å². The molecule has 5 heteroatoms. The summed E-state index contributed by atoms with van der Waals surface area (Å²) in [5.74, 6) is 0.653. The summed E-state index contributed by atoms with van der Waals surface area (Å²) in [4.78, 5) is 13.6. The molecule has 0 aromatic rings. The number of rotatable bonds is 4. The van der Waals surface area contributed by atoms with Gasteiger partial charge in [-0.25, -0.2) is 0 Å². The average Bonchev–Trinajstić information content (AvgIpc) is 2.35. The number of piperidine rings is 1. The molecule has 0 radical (unpaired) electrons. The highest BCUT2D eigenvalue weighted by atomic mass is 16.4. The van der Waals surface area contributed by atoms with E-state index in [0.717, 1.165) is 38.8 Å². The second kappa shape index (κ2) is 6.35. The minimum Gasteiger partial charge on any atom is -0.409 e. The number of nitrogens with two attached hydrogens (primary N) is 1.